The van der Waals surface area contributed by atoms with Crippen molar-refractivity contribution in [3.05, 3.63) is 113 Å². The number of hydrogen-bond donors (Lipinski definition) is 1. The first kappa shape index (κ1) is 48.1. The summed E-state index contributed by atoms with van der Waals surface area (Å²) in [5.74, 6) is -0.106. The lowest BCUT2D eigenvalue weighted by atomic mass is 10.2. The smallest absolute Gasteiger partial charge is 0.253 e. The summed E-state index contributed by atoms with van der Waals surface area (Å²) in [6, 6.07) is 24.4. The van der Waals surface area contributed by atoms with Gasteiger partial charge >= 0.3 is 0 Å². The lowest BCUT2D eigenvalue weighted by molar-refractivity contribution is -0.114. The average molecular weight is 799 g/mol. The number of aldehydes is 1. The van der Waals surface area contributed by atoms with Crippen molar-refractivity contribution in [2.24, 2.45) is 0 Å². The van der Waals surface area contributed by atoms with Gasteiger partial charge in [0.1, 0.15) is 6.29 Å². The van der Waals surface area contributed by atoms with Gasteiger partial charge in [-0.15, -0.1) is 0 Å². The number of fused-ring (bicyclic) bond motifs is 1. The minimum absolute atomic E-state index is 0.106. The molecule has 1 heterocycles. The number of carbonyl (C=O) groups is 3. The van der Waals surface area contributed by atoms with Gasteiger partial charge in [0.05, 0.1) is 41.6 Å². The van der Waals surface area contributed by atoms with Gasteiger partial charge in [0.15, 0.2) is 0 Å². The number of amides is 2. The van der Waals surface area contributed by atoms with Crippen LogP contribution in [0.25, 0.3) is 0 Å². The van der Waals surface area contributed by atoms with Crippen molar-refractivity contribution in [1.29, 1.82) is 10.5 Å². The van der Waals surface area contributed by atoms with Gasteiger partial charge < -0.3 is 24.1 Å². The fraction of sp³-hybridized carbons (Fsp3) is 0.286. The van der Waals surface area contributed by atoms with Crippen LogP contribution in [0, 0.1) is 22.7 Å². The molecule has 2 amide bonds. The number of allylic oxidation sites excluding steroid dienone is 4. The maximum atomic E-state index is 12.9. The molecule has 0 spiro atoms. The number of nitriles is 2. The highest BCUT2D eigenvalue weighted by Crippen LogP contribution is 2.52. The van der Waals surface area contributed by atoms with Crippen LogP contribution in [-0.2, 0) is 18.6 Å². The van der Waals surface area contributed by atoms with Crippen LogP contribution in [0.1, 0.15) is 51.7 Å². The number of hydrogen-bond acceptors (Lipinski definition) is 10. The van der Waals surface area contributed by atoms with Gasteiger partial charge in [-0.05, 0) is 102 Å². The molecule has 4 rings (SSSR count). The molecule has 0 saturated carbocycles. The molecule has 0 aliphatic carbocycles. The number of nitrogens with one attached hydrogen (secondary N) is 1. The molecule has 1 aliphatic heterocycles. The second kappa shape index (κ2) is 27.6. The number of rotatable bonds is 14. The molecule has 0 saturated heterocycles. The predicted molar refractivity (Wildman–Crippen MR) is 234 cm³/mol. The van der Waals surface area contributed by atoms with E-state index in [0.717, 1.165) is 30.7 Å². The summed E-state index contributed by atoms with van der Waals surface area (Å²) in [7, 11) is 4.89. The number of anilines is 3. The second-order valence-corrected chi connectivity index (χ2v) is 14.4. The van der Waals surface area contributed by atoms with Crippen molar-refractivity contribution in [3.8, 4) is 12.1 Å². The van der Waals surface area contributed by atoms with Gasteiger partial charge in [0.2, 0.25) is 6.41 Å². The van der Waals surface area contributed by atoms with E-state index >= 15 is 0 Å². The molecule has 0 aromatic heterocycles. The van der Waals surface area contributed by atoms with Gasteiger partial charge in [-0.25, -0.2) is 0 Å². The van der Waals surface area contributed by atoms with Crippen molar-refractivity contribution in [3.63, 3.8) is 0 Å². The quantitative estimate of drug-likeness (QED) is 0.0323. The highest BCUT2D eigenvalue weighted by atomic mass is 32.2. The summed E-state index contributed by atoms with van der Waals surface area (Å²) in [6.07, 6.45) is 11.1. The molecule has 55 heavy (non-hydrogen) atoms. The summed E-state index contributed by atoms with van der Waals surface area (Å²) in [6.45, 7) is 11.8. The fourth-order valence-electron chi connectivity index (χ4n) is 4.89. The third-order valence-corrected chi connectivity index (χ3v) is 10.6. The van der Waals surface area contributed by atoms with Gasteiger partial charge in [0.25, 0.3) is 5.91 Å². The van der Waals surface area contributed by atoms with Crippen molar-refractivity contribution >= 4 is 78.6 Å². The average Bonchev–Trinajstić information content (AvgIpc) is 3.49. The van der Waals surface area contributed by atoms with Crippen molar-refractivity contribution in [1.82, 2.24) is 5.32 Å². The molecular formula is C42H51N6O4PS2. The molecule has 1 atom stereocenters. The summed E-state index contributed by atoms with van der Waals surface area (Å²) in [5.41, 5.74) is 6.74. The van der Waals surface area contributed by atoms with Crippen LogP contribution >= 0.6 is 32.2 Å². The van der Waals surface area contributed by atoms with Crippen molar-refractivity contribution in [2.75, 3.05) is 55.7 Å². The Bertz CT molecular complexity index is 1880. The van der Waals surface area contributed by atoms with E-state index in [1.807, 2.05) is 65.1 Å². The zero-order valence-corrected chi connectivity index (χ0v) is 35.4. The molecule has 0 fully saturated rings. The molecule has 1 N–H and O–H groups in total. The predicted octanol–water partition coefficient (Wildman–Crippen LogP) is 8.48. The SMILES string of the molecule is CC.CCC=O.CNCCCN1/C(=C/C=C/C=C(\C)C(=O)N(C)c2cccc(C#N)c2)P(C)c2cc(SOC)ccc21.N#Cc1cccc(N(C=O)C=S)c1. The normalized spacial score (nSPS) is 13.3. The Hall–Kier alpha value is -4.94. The van der Waals surface area contributed by atoms with Crippen LogP contribution in [-0.4, -0.2) is 65.1 Å². The molecular weight excluding hydrogens is 748 g/mol. The van der Waals surface area contributed by atoms with Crippen LogP contribution in [0.5, 0.6) is 0 Å². The van der Waals surface area contributed by atoms with E-state index in [9.17, 15) is 14.4 Å². The van der Waals surface area contributed by atoms with Crippen molar-refractivity contribution < 1.29 is 18.6 Å². The number of carbonyl (C=O) groups excluding carboxylic acids is 3. The maximum Gasteiger partial charge on any atom is 0.253 e. The Labute approximate surface area is 338 Å². The van der Waals surface area contributed by atoms with Crippen LogP contribution in [0.3, 0.4) is 0 Å². The second-order valence-electron chi connectivity index (χ2n) is 11.2. The van der Waals surface area contributed by atoms with E-state index < -0.39 is 7.92 Å². The number of benzene rings is 3. The number of nitrogens with zero attached hydrogens (tertiary/aromatic N) is 5. The van der Waals surface area contributed by atoms with Crippen LogP contribution in [0.2, 0.25) is 0 Å². The zero-order valence-electron chi connectivity index (χ0n) is 32.9. The summed E-state index contributed by atoms with van der Waals surface area (Å²) in [5, 5.41) is 22.3. The third kappa shape index (κ3) is 15.4. The lowest BCUT2D eigenvalue weighted by Gasteiger charge is -2.22. The van der Waals surface area contributed by atoms with E-state index in [1.54, 1.807) is 61.5 Å². The standard InChI is InChI=1S/C28H33N4O2PS.C9H6N2OS.C3H6O.C2H6/c1-21(28(33)31(3)23-12-8-11-22(18-23)20-29)10-6-7-13-27-32(17-9-16-30-2)25-15-14-24(36-34-4)19-26(25)35(27)5;10-5-8-2-1-3-9(4-8)11(6-12)7-13;1-2-3-4;1-2/h6-8,10-15,18-19,30H,9,16-17H2,1-5H3;1-4,6-7H;3H,2H2,1H3;1-2H3/b7-6+,21-10+,27-13-;;;. The van der Waals surface area contributed by atoms with E-state index in [2.05, 4.69) is 59.4 Å². The molecule has 0 radical (unpaired) electrons. The Balaban J connectivity index is 0.000000656. The Morgan fingerprint density at radius 2 is 1.64 bits per heavy atom. The van der Waals surface area contributed by atoms with Crippen LogP contribution in [0.4, 0.5) is 17.1 Å². The number of likely N-dealkylation sites (N-methyl/N-ethyl adjacent to an activating group) is 1. The van der Waals surface area contributed by atoms with Crippen LogP contribution < -0.4 is 25.3 Å². The largest absolute Gasteiger partial charge is 0.340 e. The van der Waals surface area contributed by atoms with E-state index in [1.165, 1.54) is 38.9 Å². The minimum Gasteiger partial charge on any atom is -0.340 e. The molecule has 1 unspecified atom stereocenters. The van der Waals surface area contributed by atoms with E-state index in [0.29, 0.717) is 40.9 Å². The molecule has 10 nitrogen and oxygen atoms in total. The highest BCUT2D eigenvalue weighted by Gasteiger charge is 2.30. The molecule has 0 bridgehead atoms. The lowest BCUT2D eigenvalue weighted by Crippen LogP contribution is -2.26. The van der Waals surface area contributed by atoms with E-state index in [-0.39, 0.29) is 5.91 Å². The molecule has 13 heteroatoms. The summed E-state index contributed by atoms with van der Waals surface area (Å²) < 4.78 is 5.26. The third-order valence-electron chi connectivity index (χ3n) is 7.58. The first-order valence-corrected chi connectivity index (χ1v) is 20.6. The fourth-order valence-corrected chi connectivity index (χ4v) is 7.63. The molecule has 1 aliphatic rings. The van der Waals surface area contributed by atoms with Gasteiger partial charge in [-0.3, -0.25) is 14.5 Å². The molecule has 3 aromatic carbocycles. The maximum absolute atomic E-state index is 12.9. The van der Waals surface area contributed by atoms with Gasteiger partial charge in [-0.2, -0.15) is 10.5 Å². The highest BCUT2D eigenvalue weighted by molar-refractivity contribution is 7.94. The minimum atomic E-state index is -0.497. The topological polar surface area (TPSA) is 130 Å². The van der Waals surface area contributed by atoms with Gasteiger partial charge in [0, 0.05) is 64.6 Å². The summed E-state index contributed by atoms with van der Waals surface area (Å²) >= 11 is 6.01. The molecule has 3 aromatic rings. The first-order valence-electron chi connectivity index (χ1n) is 17.6. The summed E-state index contributed by atoms with van der Waals surface area (Å²) in [4.78, 5) is 38.9. The number of thiocarbonyl (C=S) groups is 1. The van der Waals surface area contributed by atoms with Gasteiger partial charge in [-0.1, -0.05) is 63.3 Å². The van der Waals surface area contributed by atoms with Crippen LogP contribution in [0.15, 0.2) is 107 Å². The van der Waals surface area contributed by atoms with Crippen molar-refractivity contribution in [2.45, 2.75) is 45.4 Å². The first-order chi connectivity index (χ1) is 26.6. The van der Waals surface area contributed by atoms with E-state index in [4.69, 9.17) is 14.7 Å². The Morgan fingerprint density at radius 3 is 2.18 bits per heavy atom. The molecule has 290 valence electrons. The Morgan fingerprint density at radius 1 is 1.02 bits per heavy atom. The monoisotopic (exact) mass is 798 g/mol. The Kier molecular flexibility index (Phi) is 24.1. The zero-order chi connectivity index (χ0) is 41.2.